The van der Waals surface area contributed by atoms with Crippen LogP contribution in [0.3, 0.4) is 0 Å². The number of alkyl halides is 2. The quantitative estimate of drug-likeness (QED) is 0.680. The highest BCUT2D eigenvalue weighted by atomic mass is 28.4. The predicted octanol–water partition coefficient (Wildman–Crippen LogP) is 3.24. The zero-order valence-electron chi connectivity index (χ0n) is 16.2. The molecule has 0 radical (unpaired) electrons. The molecule has 5 nitrogen and oxygen atoms in total. The van der Waals surface area contributed by atoms with Crippen LogP contribution >= 0.6 is 0 Å². The van der Waals surface area contributed by atoms with E-state index in [-0.39, 0.29) is 0 Å². The molecule has 0 saturated heterocycles. The summed E-state index contributed by atoms with van der Waals surface area (Å²) >= 11 is 0. The molecule has 0 aliphatic heterocycles. The van der Waals surface area contributed by atoms with E-state index < -0.39 is 26.2 Å². The average Bonchev–Trinajstić information content (AvgIpc) is 3.47. The van der Waals surface area contributed by atoms with Gasteiger partial charge in [-0.3, -0.25) is 4.79 Å². The van der Waals surface area contributed by atoms with Gasteiger partial charge < -0.3 is 18.8 Å². The van der Waals surface area contributed by atoms with Gasteiger partial charge >= 0.3 is 6.61 Å². The molecule has 0 bridgehead atoms. The Bertz CT molecular complexity index is 910. The van der Waals surface area contributed by atoms with Crippen molar-refractivity contribution < 1.29 is 23.1 Å². The van der Waals surface area contributed by atoms with Crippen LogP contribution in [0.5, 0.6) is 11.5 Å². The third-order valence-electron chi connectivity index (χ3n) is 5.14. The number of halogens is 2. The summed E-state index contributed by atoms with van der Waals surface area (Å²) in [5.41, 5.74) is 0.524. The van der Waals surface area contributed by atoms with E-state index in [1.54, 1.807) is 6.20 Å². The van der Waals surface area contributed by atoms with Crippen molar-refractivity contribution in [1.82, 2.24) is 4.57 Å². The van der Waals surface area contributed by atoms with Gasteiger partial charge in [0.05, 0.1) is 6.61 Å². The van der Waals surface area contributed by atoms with Crippen LogP contribution in [0.1, 0.15) is 19.8 Å². The molecule has 0 amide bonds. The fourth-order valence-corrected chi connectivity index (χ4v) is 4.23. The van der Waals surface area contributed by atoms with Crippen LogP contribution < -0.4 is 20.2 Å². The van der Waals surface area contributed by atoms with Gasteiger partial charge in [0.2, 0.25) is 8.32 Å². The van der Waals surface area contributed by atoms with Gasteiger partial charge in [-0.05, 0) is 54.7 Å². The molecule has 1 atom stereocenters. The lowest BCUT2D eigenvalue weighted by atomic mass is 10.1. The number of aromatic nitrogens is 1. The molecule has 1 aliphatic rings. The van der Waals surface area contributed by atoms with E-state index in [4.69, 9.17) is 4.74 Å². The fraction of sp³-hybridized carbons (Fsp3) is 0.450. The van der Waals surface area contributed by atoms with Crippen molar-refractivity contribution in [3.63, 3.8) is 0 Å². The maximum atomic E-state index is 12.7. The van der Waals surface area contributed by atoms with Gasteiger partial charge in [0.1, 0.15) is 5.75 Å². The SMILES string of the molecule is CC[Si](C)(O)c1ccc(OCC2CC2)c(-c2cc(OC(F)F)c(=O)n(C)c2)c1. The van der Waals surface area contributed by atoms with Gasteiger partial charge in [-0.25, -0.2) is 0 Å². The number of rotatable bonds is 8. The third kappa shape index (κ3) is 4.61. The number of aryl methyl sites for hydroxylation is 1. The van der Waals surface area contributed by atoms with E-state index >= 15 is 0 Å². The Kier molecular flexibility index (Phi) is 5.90. The number of benzene rings is 1. The van der Waals surface area contributed by atoms with Crippen molar-refractivity contribution >= 4 is 13.5 Å². The largest absolute Gasteiger partial charge is 0.493 e. The van der Waals surface area contributed by atoms with Crippen LogP contribution in [0.15, 0.2) is 35.3 Å². The summed E-state index contributed by atoms with van der Waals surface area (Å²) in [6.45, 7) is 1.28. The molecular weight excluding hydrogens is 384 g/mol. The Morgan fingerprint density at radius 3 is 2.61 bits per heavy atom. The van der Waals surface area contributed by atoms with Gasteiger partial charge in [-0.15, -0.1) is 0 Å². The summed E-state index contributed by atoms with van der Waals surface area (Å²) in [6.07, 6.45) is 3.83. The maximum Gasteiger partial charge on any atom is 0.387 e. The van der Waals surface area contributed by atoms with E-state index in [0.29, 0.717) is 35.4 Å². The lowest BCUT2D eigenvalue weighted by molar-refractivity contribution is -0.0510. The molecule has 152 valence electrons. The molecular formula is C20H25F2NO4Si. The first-order valence-electron chi connectivity index (χ1n) is 9.37. The van der Waals surface area contributed by atoms with Crippen LogP contribution in [0.4, 0.5) is 8.78 Å². The first-order chi connectivity index (χ1) is 13.2. The zero-order valence-corrected chi connectivity index (χ0v) is 17.2. The second kappa shape index (κ2) is 8.04. The lowest BCUT2D eigenvalue weighted by Crippen LogP contribution is -2.44. The van der Waals surface area contributed by atoms with Crippen molar-refractivity contribution in [2.75, 3.05) is 6.61 Å². The highest BCUT2D eigenvalue weighted by Crippen LogP contribution is 2.34. The van der Waals surface area contributed by atoms with E-state index in [1.807, 2.05) is 31.7 Å². The third-order valence-corrected chi connectivity index (χ3v) is 8.07. The smallest absolute Gasteiger partial charge is 0.387 e. The molecule has 1 heterocycles. The summed E-state index contributed by atoms with van der Waals surface area (Å²) < 4.78 is 37.0. The number of nitrogens with zero attached hydrogens (tertiary/aromatic N) is 1. The molecule has 1 saturated carbocycles. The first kappa shape index (κ1) is 20.5. The van der Waals surface area contributed by atoms with Gasteiger partial charge in [0.15, 0.2) is 5.75 Å². The Labute approximate surface area is 163 Å². The highest BCUT2D eigenvalue weighted by molar-refractivity contribution is 6.84. The lowest BCUT2D eigenvalue weighted by Gasteiger charge is -2.21. The minimum Gasteiger partial charge on any atom is -0.493 e. The van der Waals surface area contributed by atoms with Gasteiger partial charge in [-0.1, -0.05) is 13.0 Å². The fourth-order valence-electron chi connectivity index (χ4n) is 2.92. The molecule has 0 spiro atoms. The minimum atomic E-state index is -3.09. The zero-order chi connectivity index (χ0) is 20.5. The first-order valence-corrected chi connectivity index (χ1v) is 12.0. The van der Waals surface area contributed by atoms with Crippen molar-refractivity contribution in [2.24, 2.45) is 13.0 Å². The van der Waals surface area contributed by atoms with Crippen LogP contribution in [0, 0.1) is 5.92 Å². The highest BCUT2D eigenvalue weighted by Gasteiger charge is 2.27. The van der Waals surface area contributed by atoms with Crippen molar-refractivity contribution in [3.8, 4) is 22.6 Å². The molecule has 28 heavy (non-hydrogen) atoms. The summed E-state index contributed by atoms with van der Waals surface area (Å²) in [7, 11) is -1.13. The molecule has 1 unspecified atom stereocenters. The molecule has 1 N–H and O–H groups in total. The van der Waals surface area contributed by atoms with Crippen LogP contribution in [-0.4, -0.2) is 30.9 Å². The van der Waals surface area contributed by atoms with Crippen LogP contribution in [0.25, 0.3) is 11.1 Å². The monoisotopic (exact) mass is 409 g/mol. The summed E-state index contributed by atoms with van der Waals surface area (Å²) in [4.78, 5) is 22.9. The number of hydrogen-bond donors (Lipinski definition) is 1. The standard InChI is InChI=1S/C20H25F2NO4Si/c1-4-28(3,25)15-7-8-17(26-12-13-5-6-13)16(10-15)14-9-18(27-20(21)22)19(24)23(2)11-14/h7-11,13,20,25H,4-6,12H2,1-3H3. The van der Waals surface area contributed by atoms with E-state index in [1.165, 1.54) is 17.7 Å². The summed E-state index contributed by atoms with van der Waals surface area (Å²) in [6, 6.07) is 7.45. The van der Waals surface area contributed by atoms with Crippen LogP contribution in [-0.2, 0) is 7.05 Å². The Hall–Kier alpha value is -2.19. The number of pyridine rings is 1. The van der Waals surface area contributed by atoms with Crippen molar-refractivity contribution in [2.45, 2.75) is 39.0 Å². The average molecular weight is 410 g/mol. The molecule has 8 heteroatoms. The summed E-state index contributed by atoms with van der Waals surface area (Å²) in [5, 5.41) is 0.814. The minimum absolute atomic E-state index is 0.423. The normalized spacial score (nSPS) is 16.1. The van der Waals surface area contributed by atoms with E-state index in [9.17, 15) is 18.4 Å². The van der Waals surface area contributed by atoms with E-state index in [0.717, 1.165) is 18.0 Å². The number of ether oxygens (including phenoxy) is 2. The van der Waals surface area contributed by atoms with Gasteiger partial charge in [0, 0.05) is 24.4 Å². The van der Waals surface area contributed by atoms with Crippen molar-refractivity contribution in [3.05, 3.63) is 40.8 Å². The van der Waals surface area contributed by atoms with E-state index in [2.05, 4.69) is 4.74 Å². The van der Waals surface area contributed by atoms with Crippen LogP contribution in [0.2, 0.25) is 12.6 Å². The van der Waals surface area contributed by atoms with Crippen molar-refractivity contribution in [1.29, 1.82) is 0 Å². The Balaban J connectivity index is 2.09. The molecule has 2 aromatic rings. The van der Waals surface area contributed by atoms with Gasteiger partial charge in [0.25, 0.3) is 5.56 Å². The second-order valence-corrected chi connectivity index (χ2v) is 11.3. The number of hydrogen-bond acceptors (Lipinski definition) is 4. The Morgan fingerprint density at radius 1 is 1.29 bits per heavy atom. The topological polar surface area (TPSA) is 60.7 Å². The Morgan fingerprint density at radius 2 is 2.00 bits per heavy atom. The molecule has 1 aliphatic carbocycles. The molecule has 1 aromatic heterocycles. The predicted molar refractivity (Wildman–Crippen MR) is 106 cm³/mol. The van der Waals surface area contributed by atoms with Gasteiger partial charge in [-0.2, -0.15) is 8.78 Å². The molecule has 3 rings (SSSR count). The molecule has 1 fully saturated rings. The molecule has 1 aromatic carbocycles. The maximum absolute atomic E-state index is 12.7. The second-order valence-electron chi connectivity index (χ2n) is 7.48. The summed E-state index contributed by atoms with van der Waals surface area (Å²) in [5.74, 6) is 0.713.